The van der Waals surface area contributed by atoms with Crippen LogP contribution in [-0.2, 0) is 28.8 Å². The van der Waals surface area contributed by atoms with Gasteiger partial charge in [0, 0.05) is 43.5 Å². The van der Waals surface area contributed by atoms with E-state index in [9.17, 15) is 13.7 Å². The van der Waals surface area contributed by atoms with E-state index in [-0.39, 0.29) is 11.5 Å². The fourth-order valence-corrected chi connectivity index (χ4v) is 5.75. The van der Waals surface area contributed by atoms with Crippen molar-refractivity contribution in [2.45, 2.75) is 36.5 Å². The number of rotatable bonds is 6. The first kappa shape index (κ1) is 23.7. The van der Waals surface area contributed by atoms with Crippen LogP contribution in [0, 0.1) is 5.82 Å². The van der Waals surface area contributed by atoms with Gasteiger partial charge in [0.1, 0.15) is 23.1 Å². The topological polar surface area (TPSA) is 127 Å². The summed E-state index contributed by atoms with van der Waals surface area (Å²) in [6.07, 6.45) is 5.04. The van der Waals surface area contributed by atoms with Crippen LogP contribution >= 0.6 is 11.6 Å². The van der Waals surface area contributed by atoms with E-state index in [1.165, 1.54) is 12.1 Å². The Labute approximate surface area is 209 Å². The van der Waals surface area contributed by atoms with Gasteiger partial charge in [0.15, 0.2) is 5.82 Å². The molecule has 1 aromatic carbocycles. The number of carbonyl (C=O) groups is 1. The minimum Gasteiger partial charge on any atom is -0.611 e. The zero-order chi connectivity index (χ0) is 24.5. The van der Waals surface area contributed by atoms with Crippen molar-refractivity contribution in [1.82, 2.24) is 19.9 Å². The van der Waals surface area contributed by atoms with Crippen LogP contribution < -0.4 is 10.2 Å². The van der Waals surface area contributed by atoms with E-state index in [2.05, 4.69) is 25.2 Å². The highest BCUT2D eigenvalue weighted by atomic mass is 35.5. The molecule has 12 heteroatoms. The summed E-state index contributed by atoms with van der Waals surface area (Å²) < 4.78 is 27.1. The zero-order valence-electron chi connectivity index (χ0n) is 18.6. The fourth-order valence-electron chi connectivity index (χ4n) is 4.35. The third-order valence-corrected chi connectivity index (χ3v) is 7.77. The number of aromatic nitrogens is 4. The molecule has 2 aliphatic heterocycles. The van der Waals surface area contributed by atoms with Crippen LogP contribution in [-0.4, -0.2) is 54.4 Å². The zero-order valence-corrected chi connectivity index (χ0v) is 20.2. The molecular weight excluding hydrogens is 495 g/mol. The van der Waals surface area contributed by atoms with Gasteiger partial charge in [-0.2, -0.15) is 4.98 Å². The van der Waals surface area contributed by atoms with Crippen LogP contribution in [0.1, 0.15) is 35.8 Å². The van der Waals surface area contributed by atoms with E-state index in [1.807, 2.05) is 0 Å². The molecule has 3 aromatic rings. The first-order valence-electron chi connectivity index (χ1n) is 11.2. The first-order chi connectivity index (χ1) is 16.9. The highest BCUT2D eigenvalue weighted by Crippen LogP contribution is 2.35. The van der Waals surface area contributed by atoms with Crippen LogP contribution in [0.3, 0.4) is 0 Å². The van der Waals surface area contributed by atoms with E-state index >= 15 is 0 Å². The Morgan fingerprint density at radius 2 is 2.00 bits per heavy atom. The Morgan fingerprint density at radius 3 is 2.69 bits per heavy atom. The van der Waals surface area contributed by atoms with Crippen LogP contribution in [0.4, 0.5) is 21.8 Å². The van der Waals surface area contributed by atoms with Crippen molar-refractivity contribution >= 4 is 46.2 Å². The Hall–Kier alpha value is -3.02. The van der Waals surface area contributed by atoms with Crippen molar-refractivity contribution in [3.8, 4) is 0 Å². The summed E-state index contributed by atoms with van der Waals surface area (Å²) in [5.41, 5.74) is 1.21. The van der Waals surface area contributed by atoms with E-state index in [0.29, 0.717) is 52.6 Å². The van der Waals surface area contributed by atoms with Crippen LogP contribution in [0.5, 0.6) is 0 Å². The summed E-state index contributed by atoms with van der Waals surface area (Å²) in [6.45, 7) is 1.41. The Kier molecular flexibility index (Phi) is 6.72. The third-order valence-electron chi connectivity index (χ3n) is 6.12. The van der Waals surface area contributed by atoms with Crippen molar-refractivity contribution in [2.24, 2.45) is 0 Å². The van der Waals surface area contributed by atoms with E-state index in [0.717, 1.165) is 24.4 Å². The molecule has 0 radical (unpaired) electrons. The predicted octanol–water partition coefficient (Wildman–Crippen LogP) is 3.48. The summed E-state index contributed by atoms with van der Waals surface area (Å²) in [7, 11) is 0. The van der Waals surface area contributed by atoms with Gasteiger partial charge < -0.3 is 19.9 Å². The van der Waals surface area contributed by atoms with Crippen molar-refractivity contribution in [1.29, 1.82) is 0 Å². The molecule has 4 heterocycles. The van der Waals surface area contributed by atoms with Gasteiger partial charge in [0.05, 0.1) is 11.4 Å². The van der Waals surface area contributed by atoms with Gasteiger partial charge in [-0.25, -0.2) is 19.3 Å². The number of aliphatic carboxylic acids is 1. The molecule has 0 spiro atoms. The first-order valence-corrected chi connectivity index (χ1v) is 12.9. The second-order valence-electron chi connectivity index (χ2n) is 8.47. The molecule has 2 aliphatic rings. The molecule has 1 atom stereocenters. The monoisotopic (exact) mass is 516 g/mol. The molecule has 2 aromatic heterocycles. The highest BCUT2D eigenvalue weighted by Gasteiger charge is 2.34. The standard InChI is InChI=1S/C23H22ClFN6O3S/c24-15-11-26-21(27-12-15)13-3-6-31(7-4-13)23-29-18-5-8-35(34)20(18)22(30-23)28-16-2-1-14(9-19(32)33)17(25)10-16/h1-2,10-13H,3-9H2,(H,32,33)(H,28,29,30). The number of benzene rings is 1. The molecule has 1 saturated heterocycles. The van der Waals surface area contributed by atoms with Gasteiger partial charge in [-0.05, 0) is 41.7 Å². The predicted molar refractivity (Wildman–Crippen MR) is 129 cm³/mol. The number of hydrogen-bond acceptors (Lipinski definition) is 8. The summed E-state index contributed by atoms with van der Waals surface area (Å²) in [5.74, 6) is 0.633. The lowest BCUT2D eigenvalue weighted by molar-refractivity contribution is -0.136. The Bertz CT molecular complexity index is 1260. The van der Waals surface area contributed by atoms with E-state index < -0.39 is 29.4 Å². The van der Waals surface area contributed by atoms with Crippen LogP contribution in [0.25, 0.3) is 0 Å². The molecule has 0 aliphatic carbocycles. The van der Waals surface area contributed by atoms with Gasteiger partial charge in [0.2, 0.25) is 10.8 Å². The van der Waals surface area contributed by atoms with Crippen molar-refractivity contribution in [3.05, 3.63) is 58.5 Å². The van der Waals surface area contributed by atoms with Gasteiger partial charge in [0.25, 0.3) is 0 Å². The summed E-state index contributed by atoms with van der Waals surface area (Å²) in [5, 5.41) is 12.5. The number of aryl methyl sites for hydroxylation is 1. The number of nitrogens with one attached hydrogen (secondary N) is 1. The van der Waals surface area contributed by atoms with Gasteiger partial charge >= 0.3 is 5.97 Å². The highest BCUT2D eigenvalue weighted by molar-refractivity contribution is 7.91. The van der Waals surface area contributed by atoms with Crippen LogP contribution in [0.15, 0.2) is 35.5 Å². The van der Waals surface area contributed by atoms with Crippen LogP contribution in [0.2, 0.25) is 5.02 Å². The van der Waals surface area contributed by atoms with Crippen molar-refractivity contribution in [3.63, 3.8) is 0 Å². The smallest absolute Gasteiger partial charge is 0.307 e. The SMILES string of the molecule is O=C(O)Cc1ccc(Nc2nc(N3CCC(c4ncc(Cl)cn4)CC3)nc3c2[S+]([O-])CC3)cc1F. The molecule has 2 N–H and O–H groups in total. The maximum Gasteiger partial charge on any atom is 0.307 e. The molecule has 182 valence electrons. The third kappa shape index (κ3) is 5.16. The molecule has 0 bridgehead atoms. The minimum absolute atomic E-state index is 0.0905. The lowest BCUT2D eigenvalue weighted by Crippen LogP contribution is -2.35. The number of halogens is 2. The summed E-state index contributed by atoms with van der Waals surface area (Å²) in [4.78, 5) is 31.6. The lowest BCUT2D eigenvalue weighted by atomic mass is 9.96. The summed E-state index contributed by atoms with van der Waals surface area (Å²) in [6, 6.07) is 4.24. The molecule has 1 unspecified atom stereocenters. The summed E-state index contributed by atoms with van der Waals surface area (Å²) >= 11 is 4.65. The number of carboxylic acid groups (broad SMARTS) is 1. The second kappa shape index (κ2) is 9.92. The molecule has 1 fully saturated rings. The number of carboxylic acids is 1. The Morgan fingerprint density at radius 1 is 1.26 bits per heavy atom. The quantitative estimate of drug-likeness (QED) is 0.473. The minimum atomic E-state index is -1.25. The number of anilines is 3. The normalized spacial score (nSPS) is 17.9. The fraction of sp³-hybridized carbons (Fsp3) is 0.348. The second-order valence-corrected chi connectivity index (χ2v) is 10.4. The number of hydrogen-bond donors (Lipinski definition) is 2. The molecule has 5 rings (SSSR count). The molecule has 9 nitrogen and oxygen atoms in total. The molecule has 35 heavy (non-hydrogen) atoms. The van der Waals surface area contributed by atoms with E-state index in [4.69, 9.17) is 21.7 Å². The lowest BCUT2D eigenvalue weighted by Gasteiger charge is -2.31. The van der Waals surface area contributed by atoms with Crippen molar-refractivity contribution < 1.29 is 18.8 Å². The van der Waals surface area contributed by atoms with Gasteiger partial charge in [-0.15, -0.1) is 0 Å². The molecule has 0 saturated carbocycles. The maximum atomic E-state index is 14.4. The van der Waals surface area contributed by atoms with Crippen molar-refractivity contribution in [2.75, 3.05) is 29.1 Å². The molecular formula is C23H22ClFN6O3S. The average molecular weight is 517 g/mol. The number of fused-ring (bicyclic) bond motifs is 1. The largest absolute Gasteiger partial charge is 0.611 e. The Balaban J connectivity index is 1.37. The number of piperidine rings is 1. The van der Waals surface area contributed by atoms with E-state index in [1.54, 1.807) is 18.5 Å². The van der Waals surface area contributed by atoms with Gasteiger partial charge in [-0.3, -0.25) is 4.79 Å². The molecule has 0 amide bonds. The number of nitrogens with zero attached hydrogens (tertiary/aromatic N) is 5. The van der Waals surface area contributed by atoms with Gasteiger partial charge in [-0.1, -0.05) is 17.7 Å². The maximum absolute atomic E-state index is 14.4. The average Bonchev–Trinajstić information content (AvgIpc) is 3.22.